The third-order valence-corrected chi connectivity index (χ3v) is 4.60. The molecule has 2 nitrogen and oxygen atoms in total. The standard InChI is InChI=1S/C17H18Cl2N2/c1-11(2)21-10-16(12-6-4-3-5-7-12)20-15-8-13(18)14(19)9-17(15)21/h3-9,11,16,20H,10H2,1-2H3. The number of benzene rings is 2. The van der Waals surface area contributed by atoms with Crippen molar-refractivity contribution in [3.63, 3.8) is 0 Å². The number of hydrogen-bond acceptors (Lipinski definition) is 2. The lowest BCUT2D eigenvalue weighted by Crippen LogP contribution is -2.40. The fourth-order valence-corrected chi connectivity index (χ4v) is 3.10. The molecule has 1 aliphatic heterocycles. The maximum Gasteiger partial charge on any atom is 0.0689 e. The van der Waals surface area contributed by atoms with Gasteiger partial charge in [0.2, 0.25) is 0 Å². The Hall–Kier alpha value is -1.38. The smallest absolute Gasteiger partial charge is 0.0689 e. The third-order valence-electron chi connectivity index (χ3n) is 3.88. The van der Waals surface area contributed by atoms with Crippen molar-refractivity contribution in [1.82, 2.24) is 0 Å². The fraction of sp³-hybridized carbons (Fsp3) is 0.294. The largest absolute Gasteiger partial charge is 0.375 e. The van der Waals surface area contributed by atoms with Gasteiger partial charge in [-0.25, -0.2) is 0 Å². The van der Waals surface area contributed by atoms with Crippen LogP contribution in [0.3, 0.4) is 0 Å². The zero-order valence-electron chi connectivity index (χ0n) is 12.1. The number of nitrogens with one attached hydrogen (secondary N) is 1. The van der Waals surface area contributed by atoms with Gasteiger partial charge in [0.25, 0.3) is 0 Å². The summed E-state index contributed by atoms with van der Waals surface area (Å²) in [6, 6.07) is 15.0. The Kier molecular flexibility index (Phi) is 4.01. The van der Waals surface area contributed by atoms with E-state index in [1.54, 1.807) is 0 Å². The Morgan fingerprint density at radius 2 is 1.76 bits per heavy atom. The monoisotopic (exact) mass is 320 g/mol. The molecule has 0 amide bonds. The van der Waals surface area contributed by atoms with Crippen LogP contribution < -0.4 is 10.2 Å². The molecule has 1 atom stereocenters. The molecule has 3 rings (SSSR count). The van der Waals surface area contributed by atoms with Gasteiger partial charge in [-0.05, 0) is 31.5 Å². The van der Waals surface area contributed by atoms with E-state index in [2.05, 4.69) is 48.3 Å². The Bertz CT molecular complexity index is 641. The van der Waals surface area contributed by atoms with E-state index in [9.17, 15) is 0 Å². The molecule has 1 heterocycles. The molecule has 1 unspecified atom stereocenters. The Morgan fingerprint density at radius 1 is 1.10 bits per heavy atom. The topological polar surface area (TPSA) is 15.3 Å². The highest BCUT2D eigenvalue weighted by Crippen LogP contribution is 2.41. The molecule has 0 aliphatic carbocycles. The molecule has 21 heavy (non-hydrogen) atoms. The molecule has 0 aromatic heterocycles. The lowest BCUT2D eigenvalue weighted by molar-refractivity contribution is 0.617. The van der Waals surface area contributed by atoms with Crippen LogP contribution in [-0.4, -0.2) is 12.6 Å². The molecule has 1 aliphatic rings. The summed E-state index contributed by atoms with van der Waals surface area (Å²) in [4.78, 5) is 2.37. The van der Waals surface area contributed by atoms with Gasteiger partial charge >= 0.3 is 0 Å². The molecular weight excluding hydrogens is 303 g/mol. The van der Waals surface area contributed by atoms with Crippen molar-refractivity contribution in [2.45, 2.75) is 25.9 Å². The van der Waals surface area contributed by atoms with Crippen molar-refractivity contribution in [2.24, 2.45) is 0 Å². The number of anilines is 2. The van der Waals surface area contributed by atoms with E-state index in [1.165, 1.54) is 5.56 Å². The van der Waals surface area contributed by atoms with Crippen molar-refractivity contribution in [2.75, 3.05) is 16.8 Å². The predicted octanol–water partition coefficient (Wildman–Crippen LogP) is 5.38. The van der Waals surface area contributed by atoms with Crippen LogP contribution in [0.5, 0.6) is 0 Å². The summed E-state index contributed by atoms with van der Waals surface area (Å²) in [6.07, 6.45) is 0. The number of hydrogen-bond donors (Lipinski definition) is 1. The number of nitrogens with zero attached hydrogens (tertiary/aromatic N) is 1. The van der Waals surface area contributed by atoms with Gasteiger partial charge in [0.1, 0.15) is 0 Å². The molecule has 1 N–H and O–H groups in total. The highest BCUT2D eigenvalue weighted by atomic mass is 35.5. The van der Waals surface area contributed by atoms with Crippen LogP contribution in [0.1, 0.15) is 25.5 Å². The first-order valence-corrected chi connectivity index (χ1v) is 7.89. The minimum Gasteiger partial charge on any atom is -0.375 e. The normalized spacial score (nSPS) is 17.6. The summed E-state index contributed by atoms with van der Waals surface area (Å²) in [5.74, 6) is 0. The van der Waals surface area contributed by atoms with Gasteiger partial charge in [-0.1, -0.05) is 53.5 Å². The molecule has 2 aromatic carbocycles. The van der Waals surface area contributed by atoms with Gasteiger partial charge < -0.3 is 10.2 Å². The summed E-state index contributed by atoms with van der Waals surface area (Å²) in [5.41, 5.74) is 3.43. The lowest BCUT2D eigenvalue weighted by Gasteiger charge is -2.40. The van der Waals surface area contributed by atoms with Crippen molar-refractivity contribution in [3.05, 3.63) is 58.1 Å². The third kappa shape index (κ3) is 2.83. The second-order valence-electron chi connectivity index (χ2n) is 5.64. The second kappa shape index (κ2) is 5.78. The first-order valence-electron chi connectivity index (χ1n) is 7.13. The van der Waals surface area contributed by atoms with Crippen molar-refractivity contribution < 1.29 is 0 Å². The molecule has 110 valence electrons. The maximum atomic E-state index is 6.18. The lowest BCUT2D eigenvalue weighted by atomic mass is 10.0. The van der Waals surface area contributed by atoms with Crippen LogP contribution >= 0.6 is 23.2 Å². The molecule has 0 saturated heterocycles. The predicted molar refractivity (Wildman–Crippen MR) is 91.7 cm³/mol. The van der Waals surface area contributed by atoms with E-state index in [0.717, 1.165) is 17.9 Å². The van der Waals surface area contributed by atoms with Crippen LogP contribution in [0.4, 0.5) is 11.4 Å². The van der Waals surface area contributed by atoms with Gasteiger partial charge in [-0.15, -0.1) is 0 Å². The second-order valence-corrected chi connectivity index (χ2v) is 6.45. The minimum atomic E-state index is 0.248. The summed E-state index contributed by atoms with van der Waals surface area (Å²) in [7, 11) is 0. The fourth-order valence-electron chi connectivity index (χ4n) is 2.78. The molecule has 4 heteroatoms. The Balaban J connectivity index is 2.03. The van der Waals surface area contributed by atoms with Crippen LogP contribution in [-0.2, 0) is 0 Å². The quantitative estimate of drug-likeness (QED) is 0.799. The number of fused-ring (bicyclic) bond motifs is 1. The molecule has 0 spiro atoms. The highest BCUT2D eigenvalue weighted by Gasteiger charge is 2.27. The van der Waals surface area contributed by atoms with E-state index in [1.807, 2.05) is 18.2 Å². The molecule has 2 aromatic rings. The average Bonchev–Trinajstić information content (AvgIpc) is 2.48. The van der Waals surface area contributed by atoms with Gasteiger partial charge in [-0.3, -0.25) is 0 Å². The maximum absolute atomic E-state index is 6.18. The van der Waals surface area contributed by atoms with E-state index < -0.39 is 0 Å². The van der Waals surface area contributed by atoms with E-state index >= 15 is 0 Å². The molecule has 0 bridgehead atoms. The highest BCUT2D eigenvalue weighted by molar-refractivity contribution is 6.42. The number of halogens is 2. The number of rotatable bonds is 2. The van der Waals surface area contributed by atoms with Crippen LogP contribution in [0.25, 0.3) is 0 Å². The van der Waals surface area contributed by atoms with Gasteiger partial charge in [0, 0.05) is 12.6 Å². The van der Waals surface area contributed by atoms with Gasteiger partial charge in [0.05, 0.1) is 27.5 Å². The zero-order valence-corrected chi connectivity index (χ0v) is 13.6. The Morgan fingerprint density at radius 3 is 2.43 bits per heavy atom. The summed E-state index contributed by atoms with van der Waals surface area (Å²) in [6.45, 7) is 5.30. The van der Waals surface area contributed by atoms with E-state index in [0.29, 0.717) is 16.1 Å². The van der Waals surface area contributed by atoms with Crippen LogP contribution in [0.15, 0.2) is 42.5 Å². The van der Waals surface area contributed by atoms with E-state index in [4.69, 9.17) is 23.2 Å². The SMILES string of the molecule is CC(C)N1CC(c2ccccc2)Nc2cc(Cl)c(Cl)cc21. The van der Waals surface area contributed by atoms with Crippen LogP contribution in [0, 0.1) is 0 Å². The van der Waals surface area contributed by atoms with E-state index in [-0.39, 0.29) is 6.04 Å². The summed E-state index contributed by atoms with van der Waals surface area (Å²) < 4.78 is 0. The van der Waals surface area contributed by atoms with Crippen molar-refractivity contribution in [3.8, 4) is 0 Å². The van der Waals surface area contributed by atoms with Gasteiger partial charge in [0.15, 0.2) is 0 Å². The van der Waals surface area contributed by atoms with Gasteiger partial charge in [-0.2, -0.15) is 0 Å². The van der Waals surface area contributed by atoms with Crippen LogP contribution in [0.2, 0.25) is 10.0 Å². The minimum absolute atomic E-state index is 0.248. The Labute approximate surface area is 135 Å². The molecule has 0 saturated carbocycles. The molecule has 0 fully saturated rings. The average molecular weight is 321 g/mol. The first kappa shape index (κ1) is 14.6. The summed E-state index contributed by atoms with van der Waals surface area (Å²) >= 11 is 12.4. The zero-order chi connectivity index (χ0) is 15.0. The van der Waals surface area contributed by atoms with Crippen molar-refractivity contribution >= 4 is 34.6 Å². The molecule has 0 radical (unpaired) electrons. The molecular formula is C17H18Cl2N2. The van der Waals surface area contributed by atoms with Crippen molar-refractivity contribution in [1.29, 1.82) is 0 Å². The summed E-state index contributed by atoms with van der Waals surface area (Å²) in [5, 5.41) is 4.76. The first-order chi connectivity index (χ1) is 10.1.